The van der Waals surface area contributed by atoms with Gasteiger partial charge in [0.25, 0.3) is 0 Å². The molecule has 0 spiro atoms. The number of aromatic amines is 1. The van der Waals surface area contributed by atoms with Crippen LogP contribution in [0.15, 0.2) is 24.8 Å². The molecule has 0 aromatic carbocycles. The maximum Gasteiger partial charge on any atom is 0.412 e. The first-order valence-electron chi connectivity index (χ1n) is 6.46. The Labute approximate surface area is 121 Å². The molecule has 0 atom stereocenters. The Kier molecular flexibility index (Phi) is 3.59. The zero-order chi connectivity index (χ0) is 14.7. The molecule has 1 aliphatic rings. The highest BCUT2D eigenvalue weighted by Gasteiger charge is 2.20. The van der Waals surface area contributed by atoms with Gasteiger partial charge in [-0.2, -0.15) is 0 Å². The molecule has 110 valence electrons. The number of aromatic nitrogens is 3. The Balaban J connectivity index is 1.84. The summed E-state index contributed by atoms with van der Waals surface area (Å²) in [6.45, 7) is 1.98. The first kappa shape index (κ1) is 13.2. The minimum atomic E-state index is -0.557. The van der Waals surface area contributed by atoms with Crippen LogP contribution in [0.3, 0.4) is 0 Å². The Morgan fingerprint density at radius 2 is 2.48 bits per heavy atom. The van der Waals surface area contributed by atoms with E-state index in [4.69, 9.17) is 4.74 Å². The third-order valence-corrected chi connectivity index (χ3v) is 3.13. The second-order valence-electron chi connectivity index (χ2n) is 4.48. The molecule has 2 aromatic rings. The lowest BCUT2D eigenvalue weighted by Crippen LogP contribution is -2.32. The molecule has 0 bridgehead atoms. The fraction of sp³-hybridized carbons (Fsp3) is 0.308. The monoisotopic (exact) mass is 289 g/mol. The second-order valence-corrected chi connectivity index (χ2v) is 4.48. The smallest absolute Gasteiger partial charge is 0.412 e. The summed E-state index contributed by atoms with van der Waals surface area (Å²) in [5.74, 6) is 1.10. The van der Waals surface area contributed by atoms with Gasteiger partial charge in [0.1, 0.15) is 12.4 Å². The van der Waals surface area contributed by atoms with Gasteiger partial charge in [0.2, 0.25) is 0 Å². The van der Waals surface area contributed by atoms with Crippen LogP contribution >= 0.6 is 0 Å². The van der Waals surface area contributed by atoms with Crippen molar-refractivity contribution in [3.05, 3.63) is 30.5 Å². The van der Waals surface area contributed by atoms with E-state index in [1.165, 1.54) is 7.11 Å². The average molecular weight is 289 g/mol. The van der Waals surface area contributed by atoms with Crippen LogP contribution in [0.2, 0.25) is 0 Å². The molecule has 0 aliphatic carbocycles. The summed E-state index contributed by atoms with van der Waals surface area (Å²) in [6.07, 6.45) is 4.53. The Bertz CT molecular complexity index is 629. The molecule has 1 aliphatic heterocycles. The number of carbonyl (C=O) groups is 1. The number of H-pyrrole nitrogens is 1. The number of rotatable bonds is 3. The summed E-state index contributed by atoms with van der Waals surface area (Å²) in [4.78, 5) is 24.7. The molecule has 2 aromatic heterocycles. The van der Waals surface area contributed by atoms with E-state index in [1.807, 2.05) is 6.20 Å². The Morgan fingerprint density at radius 3 is 3.24 bits per heavy atom. The van der Waals surface area contributed by atoms with E-state index in [0.717, 1.165) is 17.9 Å². The zero-order valence-corrected chi connectivity index (χ0v) is 11.5. The normalized spacial score (nSPS) is 13.3. The predicted molar refractivity (Wildman–Crippen MR) is 75.4 cm³/mol. The van der Waals surface area contributed by atoms with Gasteiger partial charge < -0.3 is 19.4 Å². The Morgan fingerprint density at radius 1 is 1.57 bits per heavy atom. The van der Waals surface area contributed by atoms with E-state index in [2.05, 4.69) is 29.9 Å². The standard InChI is InChI=1S/C13H15N5O3/c1-20-13(19)17-12-4-10-11(6-15-12)21-3-2-18(10)7-9-5-14-8-16-9/h4-6,8H,2-3,7H2,1H3,(H,14,16)(H,15,17,19). The van der Waals surface area contributed by atoms with Crippen LogP contribution in [0, 0.1) is 0 Å². The van der Waals surface area contributed by atoms with E-state index in [1.54, 1.807) is 18.6 Å². The highest BCUT2D eigenvalue weighted by Crippen LogP contribution is 2.33. The molecule has 21 heavy (non-hydrogen) atoms. The minimum Gasteiger partial charge on any atom is -0.488 e. The van der Waals surface area contributed by atoms with Gasteiger partial charge in [-0.3, -0.25) is 5.32 Å². The largest absolute Gasteiger partial charge is 0.488 e. The van der Waals surface area contributed by atoms with Crippen molar-refractivity contribution < 1.29 is 14.3 Å². The van der Waals surface area contributed by atoms with Crippen molar-refractivity contribution >= 4 is 17.6 Å². The Hall–Kier alpha value is -2.77. The predicted octanol–water partition coefficient (Wildman–Crippen LogP) is 1.38. The number of methoxy groups -OCH3 is 1. The van der Waals surface area contributed by atoms with Crippen molar-refractivity contribution in [1.82, 2.24) is 15.0 Å². The molecule has 2 N–H and O–H groups in total. The number of carbonyl (C=O) groups excluding carboxylic acids is 1. The molecule has 0 radical (unpaired) electrons. The van der Waals surface area contributed by atoms with Crippen LogP contribution in [0.1, 0.15) is 5.69 Å². The molecular formula is C13H15N5O3. The van der Waals surface area contributed by atoms with Crippen molar-refractivity contribution in [2.75, 3.05) is 30.5 Å². The van der Waals surface area contributed by atoms with Crippen LogP contribution < -0.4 is 15.0 Å². The second kappa shape index (κ2) is 5.70. The first-order chi connectivity index (χ1) is 10.3. The van der Waals surface area contributed by atoms with Crippen LogP contribution in [0.5, 0.6) is 5.75 Å². The molecule has 8 heteroatoms. The molecule has 0 unspecified atom stereocenters. The van der Waals surface area contributed by atoms with Gasteiger partial charge in [0.05, 0.1) is 44.1 Å². The summed E-state index contributed by atoms with van der Waals surface area (Å²) in [5.41, 5.74) is 1.80. The van der Waals surface area contributed by atoms with Crippen molar-refractivity contribution in [2.45, 2.75) is 6.54 Å². The van der Waals surface area contributed by atoms with Crippen LogP contribution in [-0.4, -0.2) is 41.3 Å². The average Bonchev–Trinajstić information content (AvgIpc) is 3.01. The number of hydrogen-bond donors (Lipinski definition) is 2. The topological polar surface area (TPSA) is 92.4 Å². The van der Waals surface area contributed by atoms with Crippen LogP contribution in [-0.2, 0) is 11.3 Å². The molecular weight excluding hydrogens is 274 g/mol. The van der Waals surface area contributed by atoms with Crippen LogP contribution in [0.25, 0.3) is 0 Å². The fourth-order valence-electron chi connectivity index (χ4n) is 2.14. The quantitative estimate of drug-likeness (QED) is 0.887. The number of pyridine rings is 1. The number of nitrogens with one attached hydrogen (secondary N) is 2. The third-order valence-electron chi connectivity index (χ3n) is 3.13. The number of imidazole rings is 1. The number of fused-ring (bicyclic) bond motifs is 1. The van der Waals surface area contributed by atoms with Gasteiger partial charge in [0, 0.05) is 12.3 Å². The highest BCUT2D eigenvalue weighted by atomic mass is 16.5. The molecule has 0 saturated carbocycles. The summed E-state index contributed by atoms with van der Waals surface area (Å²) >= 11 is 0. The number of amides is 1. The zero-order valence-electron chi connectivity index (χ0n) is 11.5. The van der Waals surface area contributed by atoms with Gasteiger partial charge in [-0.1, -0.05) is 0 Å². The molecule has 0 fully saturated rings. The fourth-order valence-corrected chi connectivity index (χ4v) is 2.14. The SMILES string of the molecule is COC(=O)Nc1cc2c(cn1)OCCN2Cc1c[nH]cn1. The summed E-state index contributed by atoms with van der Waals surface area (Å²) in [5, 5.41) is 2.54. The number of nitrogens with zero attached hydrogens (tertiary/aromatic N) is 3. The maximum absolute atomic E-state index is 11.3. The lowest BCUT2D eigenvalue weighted by atomic mass is 10.2. The van der Waals surface area contributed by atoms with E-state index < -0.39 is 6.09 Å². The van der Waals surface area contributed by atoms with E-state index in [9.17, 15) is 4.79 Å². The number of ether oxygens (including phenoxy) is 2. The maximum atomic E-state index is 11.3. The third kappa shape index (κ3) is 2.88. The van der Waals surface area contributed by atoms with Gasteiger partial charge in [-0.05, 0) is 0 Å². The van der Waals surface area contributed by atoms with E-state index >= 15 is 0 Å². The van der Waals surface area contributed by atoms with Gasteiger partial charge in [-0.15, -0.1) is 0 Å². The van der Waals surface area contributed by atoms with Crippen molar-refractivity contribution in [3.8, 4) is 5.75 Å². The first-order valence-corrected chi connectivity index (χ1v) is 6.46. The summed E-state index contributed by atoms with van der Waals surface area (Å²) in [7, 11) is 1.31. The lowest BCUT2D eigenvalue weighted by Gasteiger charge is -2.30. The highest BCUT2D eigenvalue weighted by molar-refractivity contribution is 5.84. The van der Waals surface area contributed by atoms with E-state index in [-0.39, 0.29) is 0 Å². The van der Waals surface area contributed by atoms with Crippen molar-refractivity contribution in [3.63, 3.8) is 0 Å². The molecule has 1 amide bonds. The summed E-state index contributed by atoms with van der Waals surface area (Å²) < 4.78 is 10.1. The lowest BCUT2D eigenvalue weighted by molar-refractivity contribution is 0.187. The summed E-state index contributed by atoms with van der Waals surface area (Å²) in [6, 6.07) is 1.76. The van der Waals surface area contributed by atoms with Crippen molar-refractivity contribution in [2.24, 2.45) is 0 Å². The molecule has 0 saturated heterocycles. The minimum absolute atomic E-state index is 0.415. The molecule has 3 rings (SSSR count). The molecule has 3 heterocycles. The molecule has 8 nitrogen and oxygen atoms in total. The number of anilines is 2. The van der Waals surface area contributed by atoms with E-state index in [0.29, 0.717) is 24.7 Å². The van der Waals surface area contributed by atoms with Crippen LogP contribution in [0.4, 0.5) is 16.3 Å². The van der Waals surface area contributed by atoms with Gasteiger partial charge in [0.15, 0.2) is 5.75 Å². The number of hydrogen-bond acceptors (Lipinski definition) is 6. The van der Waals surface area contributed by atoms with Gasteiger partial charge in [-0.25, -0.2) is 14.8 Å². The van der Waals surface area contributed by atoms with Crippen molar-refractivity contribution in [1.29, 1.82) is 0 Å². The van der Waals surface area contributed by atoms with Gasteiger partial charge >= 0.3 is 6.09 Å².